The largest absolute Gasteiger partial charge is 0.481 e. The number of nitrogens with two attached hydrogens (primary N) is 1. The standard InChI is InChI=1S/C10H16N5O13P3/c11-10-13-7-6(8(16)14-10)12-3-15(7)9-5(27-29(17,18)19)1-4(26-9)2-25-31(23,24)28-30(20,21)22/h3-5,9H,1-2H2,(H,23,24)(H2,17,18,19)(H2,20,21,22)(H3,11,13,14,16)/t4-,5?,9+/m0/s1. The zero-order valence-electron chi connectivity index (χ0n) is 15.0. The SMILES string of the molecule is Nc1nc2c(ncn2[C@@H]2O[C@H](COP(=O)(O)OP(=O)(O)O)CC2OP(=O)(O)O)c(=O)[nH]1. The number of nitrogen functional groups attached to an aromatic ring is 1. The van der Waals surface area contributed by atoms with Gasteiger partial charge < -0.3 is 34.9 Å². The number of phosphoric acid groups is 3. The van der Waals surface area contributed by atoms with Crippen LogP contribution in [0.25, 0.3) is 11.2 Å². The zero-order chi connectivity index (χ0) is 23.2. The van der Waals surface area contributed by atoms with Gasteiger partial charge in [0.25, 0.3) is 5.56 Å². The van der Waals surface area contributed by atoms with Gasteiger partial charge in [-0.3, -0.25) is 23.4 Å². The summed E-state index contributed by atoms with van der Waals surface area (Å²) in [6.07, 6.45) is -3.14. The third kappa shape index (κ3) is 6.26. The van der Waals surface area contributed by atoms with Gasteiger partial charge in [0.2, 0.25) is 5.95 Å². The molecule has 21 heteroatoms. The van der Waals surface area contributed by atoms with E-state index in [1.165, 1.54) is 0 Å². The molecule has 0 saturated carbocycles. The fraction of sp³-hybridized carbons (Fsp3) is 0.500. The Morgan fingerprint density at radius 2 is 1.90 bits per heavy atom. The average molecular weight is 507 g/mol. The van der Waals surface area contributed by atoms with E-state index in [0.29, 0.717) is 0 Å². The molecular formula is C10H16N5O13P3. The molecule has 2 aromatic rings. The Kier molecular flexibility index (Phi) is 6.57. The average Bonchev–Trinajstić information content (AvgIpc) is 3.13. The highest BCUT2D eigenvalue weighted by molar-refractivity contribution is 7.60. The minimum Gasteiger partial charge on any atom is -0.369 e. The van der Waals surface area contributed by atoms with Crippen molar-refractivity contribution < 1.29 is 56.3 Å². The van der Waals surface area contributed by atoms with Crippen LogP contribution in [0, 0.1) is 0 Å². The van der Waals surface area contributed by atoms with Gasteiger partial charge >= 0.3 is 23.5 Å². The molecule has 0 amide bonds. The maximum Gasteiger partial charge on any atom is 0.481 e. The van der Waals surface area contributed by atoms with Gasteiger partial charge in [-0.05, 0) is 0 Å². The molecule has 0 bridgehead atoms. The van der Waals surface area contributed by atoms with Gasteiger partial charge in [-0.2, -0.15) is 9.29 Å². The number of hydrogen-bond donors (Lipinski definition) is 7. The first-order valence-electron chi connectivity index (χ1n) is 7.99. The van der Waals surface area contributed by atoms with Crippen molar-refractivity contribution in [3.05, 3.63) is 16.7 Å². The molecule has 1 fully saturated rings. The van der Waals surface area contributed by atoms with Crippen molar-refractivity contribution in [1.29, 1.82) is 0 Å². The van der Waals surface area contributed by atoms with Crippen LogP contribution in [0.3, 0.4) is 0 Å². The van der Waals surface area contributed by atoms with Crippen LogP contribution in [0.5, 0.6) is 0 Å². The lowest BCUT2D eigenvalue weighted by Crippen LogP contribution is -2.22. The highest BCUT2D eigenvalue weighted by Gasteiger charge is 2.43. The van der Waals surface area contributed by atoms with E-state index in [9.17, 15) is 23.4 Å². The molecule has 18 nitrogen and oxygen atoms in total. The van der Waals surface area contributed by atoms with Crippen LogP contribution >= 0.6 is 23.5 Å². The van der Waals surface area contributed by atoms with E-state index in [0.717, 1.165) is 10.9 Å². The van der Waals surface area contributed by atoms with Gasteiger partial charge in [-0.25, -0.2) is 18.7 Å². The zero-order valence-corrected chi connectivity index (χ0v) is 17.7. The maximum atomic E-state index is 11.9. The quantitative estimate of drug-likeness (QED) is 0.204. The predicted molar refractivity (Wildman–Crippen MR) is 96.9 cm³/mol. The molecule has 0 spiro atoms. The molecule has 0 aromatic carbocycles. The van der Waals surface area contributed by atoms with E-state index in [2.05, 4.69) is 23.8 Å². The predicted octanol–water partition coefficient (Wildman–Crippen LogP) is -1.31. The molecule has 3 heterocycles. The summed E-state index contributed by atoms with van der Waals surface area (Å²) in [5.74, 6) is -0.277. The lowest BCUT2D eigenvalue weighted by molar-refractivity contribution is -0.0471. The van der Waals surface area contributed by atoms with Gasteiger partial charge in [-0.15, -0.1) is 0 Å². The summed E-state index contributed by atoms with van der Waals surface area (Å²) in [7, 11) is -15.6. The van der Waals surface area contributed by atoms with Crippen molar-refractivity contribution in [3.63, 3.8) is 0 Å². The number of anilines is 1. The van der Waals surface area contributed by atoms with Crippen LogP contribution in [-0.2, 0) is 31.8 Å². The summed E-state index contributed by atoms with van der Waals surface area (Å²) in [5.41, 5.74) is 4.54. The van der Waals surface area contributed by atoms with E-state index >= 15 is 0 Å². The number of phosphoric ester groups is 2. The Morgan fingerprint density at radius 1 is 1.23 bits per heavy atom. The summed E-state index contributed by atoms with van der Waals surface area (Å²) in [5, 5.41) is 0. The lowest BCUT2D eigenvalue weighted by atomic mass is 10.2. The van der Waals surface area contributed by atoms with Gasteiger partial charge in [0.1, 0.15) is 6.10 Å². The molecule has 2 aromatic heterocycles. The number of rotatable bonds is 8. The summed E-state index contributed by atoms with van der Waals surface area (Å²) in [4.78, 5) is 66.8. The van der Waals surface area contributed by atoms with Crippen LogP contribution in [0.4, 0.5) is 5.95 Å². The van der Waals surface area contributed by atoms with Crippen LogP contribution in [0.2, 0.25) is 0 Å². The normalized spacial score (nSPS) is 24.5. The fourth-order valence-corrected chi connectivity index (χ4v) is 4.97. The molecule has 0 aliphatic carbocycles. The number of aromatic nitrogens is 4. The van der Waals surface area contributed by atoms with Crippen molar-refractivity contribution in [2.75, 3.05) is 12.3 Å². The first-order valence-corrected chi connectivity index (χ1v) is 12.5. The number of imidazole rings is 1. The second kappa shape index (κ2) is 8.44. The number of aromatic amines is 1. The van der Waals surface area contributed by atoms with Crippen molar-refractivity contribution in [3.8, 4) is 0 Å². The summed E-state index contributed by atoms with van der Waals surface area (Å²) < 4.78 is 53.1. The van der Waals surface area contributed by atoms with Crippen molar-refractivity contribution >= 4 is 40.6 Å². The van der Waals surface area contributed by atoms with E-state index in [1.54, 1.807) is 0 Å². The molecule has 2 unspecified atom stereocenters. The van der Waals surface area contributed by atoms with Crippen molar-refractivity contribution in [1.82, 2.24) is 19.5 Å². The van der Waals surface area contributed by atoms with Gasteiger partial charge in [-0.1, -0.05) is 0 Å². The Bertz CT molecular complexity index is 1170. The maximum absolute atomic E-state index is 11.9. The molecule has 0 radical (unpaired) electrons. The minimum absolute atomic E-state index is 0.107. The minimum atomic E-state index is -5.35. The fourth-order valence-electron chi connectivity index (χ4n) is 2.80. The van der Waals surface area contributed by atoms with E-state index in [1.807, 2.05) is 0 Å². The number of nitrogens with one attached hydrogen (secondary N) is 1. The van der Waals surface area contributed by atoms with E-state index in [4.69, 9.17) is 34.6 Å². The Balaban J connectivity index is 1.85. The Labute approximate surface area is 171 Å². The monoisotopic (exact) mass is 507 g/mol. The molecule has 174 valence electrons. The van der Waals surface area contributed by atoms with Gasteiger partial charge in [0.05, 0.1) is 19.0 Å². The van der Waals surface area contributed by atoms with Gasteiger partial charge in [0.15, 0.2) is 17.4 Å². The summed E-state index contributed by atoms with van der Waals surface area (Å²) in [6, 6.07) is 0. The first kappa shape index (κ1) is 24.1. The molecule has 1 saturated heterocycles. The molecule has 1 aliphatic rings. The summed E-state index contributed by atoms with van der Waals surface area (Å²) >= 11 is 0. The summed E-state index contributed by atoms with van der Waals surface area (Å²) in [6.45, 7) is -0.784. The topological polar surface area (TPSA) is 279 Å². The molecule has 8 N–H and O–H groups in total. The lowest BCUT2D eigenvalue weighted by Gasteiger charge is -2.20. The van der Waals surface area contributed by atoms with Crippen LogP contribution in [0.1, 0.15) is 12.6 Å². The van der Waals surface area contributed by atoms with Gasteiger partial charge in [0, 0.05) is 6.42 Å². The molecule has 4 atom stereocenters. The number of H-pyrrole nitrogens is 1. The number of ether oxygens (including phenoxy) is 1. The van der Waals surface area contributed by atoms with E-state index in [-0.39, 0.29) is 23.5 Å². The highest BCUT2D eigenvalue weighted by atomic mass is 31.3. The Hall–Kier alpha value is -1.52. The van der Waals surface area contributed by atoms with Crippen LogP contribution < -0.4 is 11.3 Å². The number of fused-ring (bicyclic) bond motifs is 1. The third-order valence-electron chi connectivity index (χ3n) is 3.78. The second-order valence-corrected chi connectivity index (χ2v) is 10.2. The first-order chi connectivity index (χ1) is 14.1. The van der Waals surface area contributed by atoms with Crippen LogP contribution in [-0.4, -0.2) is 62.8 Å². The van der Waals surface area contributed by atoms with Crippen LogP contribution in [0.15, 0.2) is 11.1 Å². The second-order valence-electron chi connectivity index (χ2n) is 6.13. The number of nitrogens with zero attached hydrogens (tertiary/aromatic N) is 3. The molecular weight excluding hydrogens is 491 g/mol. The van der Waals surface area contributed by atoms with Crippen molar-refractivity contribution in [2.45, 2.75) is 24.9 Å². The smallest absolute Gasteiger partial charge is 0.369 e. The van der Waals surface area contributed by atoms with E-state index < -0.39 is 54.1 Å². The molecule has 1 aliphatic heterocycles. The highest BCUT2D eigenvalue weighted by Crippen LogP contribution is 2.58. The van der Waals surface area contributed by atoms with Crippen molar-refractivity contribution in [2.24, 2.45) is 0 Å². The molecule has 3 rings (SSSR count). The third-order valence-corrected chi connectivity index (χ3v) is 6.47. The molecule has 31 heavy (non-hydrogen) atoms. The number of hydrogen-bond acceptors (Lipinski definition) is 11. The Morgan fingerprint density at radius 3 is 2.52 bits per heavy atom.